The number of amides is 4. The van der Waals surface area contributed by atoms with Crippen LogP contribution in [-0.2, 0) is 47.9 Å². The number of carbonyl (C=O) groups excluding carboxylic acids is 5. The number of hydrogen-bond acceptors (Lipinski definition) is 12. The number of alkyl carbamates (subject to hydrolysis) is 1. The molecule has 3 heterocycles. The maximum absolute atomic E-state index is 14.3. The van der Waals surface area contributed by atoms with Crippen LogP contribution in [0.2, 0.25) is 0 Å². The van der Waals surface area contributed by atoms with Crippen molar-refractivity contribution in [3.8, 4) is 34.1 Å². The van der Waals surface area contributed by atoms with Crippen molar-refractivity contribution in [1.82, 2.24) is 21.3 Å². The molecular weight excluding hydrogens is 754 g/mol. The molecule has 58 heavy (non-hydrogen) atoms. The van der Waals surface area contributed by atoms with Crippen LogP contribution in [0.1, 0.15) is 57.7 Å². The lowest BCUT2D eigenvalue weighted by Crippen LogP contribution is -2.60. The summed E-state index contributed by atoms with van der Waals surface area (Å²) < 4.78 is 28.5. The van der Waals surface area contributed by atoms with Gasteiger partial charge in [0, 0.05) is 36.5 Å². The molecule has 310 valence electrons. The molecule has 6 rings (SSSR count). The molecule has 3 aliphatic rings. The highest BCUT2D eigenvalue weighted by Crippen LogP contribution is 2.46. The number of nitrogens with zero attached hydrogens (tertiary/aromatic N) is 1. The molecule has 0 saturated heterocycles. The van der Waals surface area contributed by atoms with Gasteiger partial charge in [0.25, 0.3) is 0 Å². The summed E-state index contributed by atoms with van der Waals surface area (Å²) >= 11 is 0. The van der Waals surface area contributed by atoms with E-state index < -0.39 is 76.1 Å². The lowest BCUT2D eigenvalue weighted by molar-refractivity contribution is -0.385. The van der Waals surface area contributed by atoms with Gasteiger partial charge in [0.2, 0.25) is 23.5 Å². The minimum absolute atomic E-state index is 0.0383. The van der Waals surface area contributed by atoms with Gasteiger partial charge in [-0.2, -0.15) is 0 Å². The minimum Gasteiger partial charge on any atom is -0.496 e. The van der Waals surface area contributed by atoms with E-state index in [0.29, 0.717) is 40.0 Å². The smallest absolute Gasteiger partial charge is 0.408 e. The quantitative estimate of drug-likeness (QED) is 0.149. The van der Waals surface area contributed by atoms with Crippen molar-refractivity contribution >= 4 is 35.5 Å². The fraction of sp³-hybridized carbons (Fsp3) is 0.439. The lowest BCUT2D eigenvalue weighted by Gasteiger charge is -2.29. The first-order valence-corrected chi connectivity index (χ1v) is 18.8. The molecule has 5 atom stereocenters. The lowest BCUT2D eigenvalue weighted by atomic mass is 9.94. The van der Waals surface area contributed by atoms with Crippen LogP contribution in [0.3, 0.4) is 0 Å². The zero-order valence-corrected chi connectivity index (χ0v) is 33.7. The second kappa shape index (κ2) is 17.8. The van der Waals surface area contributed by atoms with Crippen molar-refractivity contribution in [3.05, 3.63) is 75.3 Å². The van der Waals surface area contributed by atoms with Crippen molar-refractivity contribution < 1.29 is 52.6 Å². The highest BCUT2D eigenvalue weighted by atomic mass is 16.6. The molecule has 0 radical (unpaired) electrons. The Bertz CT molecular complexity index is 2100. The summed E-state index contributed by atoms with van der Waals surface area (Å²) in [6, 6.07) is 7.40. The van der Waals surface area contributed by atoms with Gasteiger partial charge < -0.3 is 45.0 Å². The van der Waals surface area contributed by atoms with E-state index in [-0.39, 0.29) is 36.5 Å². The van der Waals surface area contributed by atoms with Crippen molar-refractivity contribution in [2.24, 2.45) is 5.92 Å². The third-order valence-electron chi connectivity index (χ3n) is 9.87. The standard InChI is InChI=1S/C41H49N5O12/c1-9-21(2)34-38(49)42-27-18-24-15-26(25-14-22(10-12-31(25)54-6)16-28(37(48)45-34)44-40(51)58-41(3,4)5)35(55-7)33(20-24)57-32-13-11-23(19-30(32)46(52)53)17-29(39(50)56-8)43-36(27)47/h10-15,19-21,27-29,34H,9,16-18H2,1-8H3,(H,42,49)(H,43,47)(H,44,51)(H,45,48)/t21-,27-,28-,29-,34-/m0/s1. The van der Waals surface area contributed by atoms with E-state index in [1.54, 1.807) is 58.0 Å². The van der Waals surface area contributed by atoms with E-state index in [1.165, 1.54) is 32.4 Å². The summed E-state index contributed by atoms with van der Waals surface area (Å²) in [5, 5.41) is 23.3. The van der Waals surface area contributed by atoms with E-state index in [2.05, 4.69) is 21.3 Å². The number of ether oxygens (including phenoxy) is 5. The molecule has 8 bridgehead atoms. The first kappa shape index (κ1) is 42.7. The van der Waals surface area contributed by atoms with Crippen LogP contribution in [0.25, 0.3) is 11.1 Å². The average Bonchev–Trinajstić information content (AvgIpc) is 3.17. The summed E-state index contributed by atoms with van der Waals surface area (Å²) in [5.41, 5.74) is 0.772. The number of hydrogen-bond donors (Lipinski definition) is 4. The highest BCUT2D eigenvalue weighted by molar-refractivity contribution is 5.95. The largest absolute Gasteiger partial charge is 0.496 e. The fourth-order valence-corrected chi connectivity index (χ4v) is 6.79. The Morgan fingerprint density at radius 1 is 0.862 bits per heavy atom. The number of rotatable bonds is 7. The minimum atomic E-state index is -1.36. The van der Waals surface area contributed by atoms with E-state index >= 15 is 0 Å². The van der Waals surface area contributed by atoms with Gasteiger partial charge in [-0.1, -0.05) is 32.4 Å². The third kappa shape index (κ3) is 9.94. The Morgan fingerprint density at radius 2 is 1.55 bits per heavy atom. The molecule has 17 nitrogen and oxygen atoms in total. The third-order valence-corrected chi connectivity index (χ3v) is 9.87. The molecule has 4 N–H and O–H groups in total. The van der Waals surface area contributed by atoms with Crippen molar-refractivity contribution in [1.29, 1.82) is 0 Å². The molecule has 0 fully saturated rings. The Morgan fingerprint density at radius 3 is 2.19 bits per heavy atom. The maximum atomic E-state index is 14.3. The van der Waals surface area contributed by atoms with Gasteiger partial charge in [-0.3, -0.25) is 24.5 Å². The molecule has 3 aromatic carbocycles. The normalized spacial score (nSPS) is 20.1. The van der Waals surface area contributed by atoms with Gasteiger partial charge in [-0.15, -0.1) is 0 Å². The van der Waals surface area contributed by atoms with E-state index in [0.717, 1.165) is 7.11 Å². The number of benzene rings is 3. The highest BCUT2D eigenvalue weighted by Gasteiger charge is 2.36. The molecule has 3 aliphatic heterocycles. The van der Waals surface area contributed by atoms with Gasteiger partial charge in [0.15, 0.2) is 11.5 Å². The van der Waals surface area contributed by atoms with Crippen LogP contribution in [0.15, 0.2) is 48.5 Å². The van der Waals surface area contributed by atoms with Crippen LogP contribution in [-0.4, -0.2) is 85.8 Å². The fourth-order valence-electron chi connectivity index (χ4n) is 6.79. The van der Waals surface area contributed by atoms with Gasteiger partial charge in [-0.05, 0) is 73.7 Å². The Balaban J connectivity index is 1.80. The number of nitro benzene ring substituents is 1. The van der Waals surface area contributed by atoms with E-state index in [1.807, 2.05) is 6.92 Å². The van der Waals surface area contributed by atoms with Gasteiger partial charge in [0.1, 0.15) is 35.5 Å². The molecule has 0 unspecified atom stereocenters. The molecule has 17 heteroatoms. The maximum Gasteiger partial charge on any atom is 0.408 e. The van der Waals surface area contributed by atoms with Crippen LogP contribution in [0.5, 0.6) is 23.0 Å². The van der Waals surface area contributed by atoms with Crippen LogP contribution < -0.4 is 35.5 Å². The topological polar surface area (TPSA) is 223 Å². The Kier molecular flexibility index (Phi) is 13.1. The Labute approximate surface area is 335 Å². The summed E-state index contributed by atoms with van der Waals surface area (Å²) in [7, 11) is 3.99. The SMILES string of the molecule is CC[C@H](C)[C@@H]1NC(=O)[C@@H](NC(=O)OC(C)(C)C)Cc2ccc(OC)c(c2)-c2cc3cc(c2OC)Oc2ccc(cc2[N+](=O)[O-])C[C@@H](C(=O)OC)NC(=O)[C@H](C3)NC1=O. The molecular formula is C41H49N5O12. The van der Waals surface area contributed by atoms with Crippen molar-refractivity contribution in [2.45, 2.75) is 90.1 Å². The predicted molar refractivity (Wildman–Crippen MR) is 210 cm³/mol. The molecule has 0 saturated carbocycles. The van der Waals surface area contributed by atoms with Gasteiger partial charge >= 0.3 is 17.7 Å². The van der Waals surface area contributed by atoms with Gasteiger partial charge in [0.05, 0.1) is 26.3 Å². The first-order valence-electron chi connectivity index (χ1n) is 18.8. The number of nitrogens with one attached hydrogen (secondary N) is 4. The summed E-state index contributed by atoms with van der Waals surface area (Å²) in [4.78, 5) is 80.8. The first-order chi connectivity index (χ1) is 27.4. The molecule has 0 aliphatic carbocycles. The predicted octanol–water partition coefficient (Wildman–Crippen LogP) is 4.29. The zero-order valence-electron chi connectivity index (χ0n) is 33.7. The second-order valence-corrected chi connectivity index (χ2v) is 15.2. The number of carbonyl (C=O) groups is 5. The number of methoxy groups -OCH3 is 3. The molecule has 4 amide bonds. The zero-order chi connectivity index (χ0) is 42.5. The number of nitro groups is 1. The van der Waals surface area contributed by atoms with Crippen LogP contribution in [0.4, 0.5) is 10.5 Å². The van der Waals surface area contributed by atoms with Gasteiger partial charge in [-0.25, -0.2) is 9.59 Å². The summed E-state index contributed by atoms with van der Waals surface area (Å²) in [5.74, 6) is -3.06. The number of fused-ring (bicyclic) bond motifs is 9. The summed E-state index contributed by atoms with van der Waals surface area (Å²) in [6.07, 6.45) is -0.882. The molecule has 3 aromatic rings. The van der Waals surface area contributed by atoms with Crippen LogP contribution in [0, 0.1) is 16.0 Å². The Hall–Kier alpha value is -6.39. The second-order valence-electron chi connectivity index (χ2n) is 15.2. The molecule has 0 aromatic heterocycles. The van der Waals surface area contributed by atoms with Crippen molar-refractivity contribution in [3.63, 3.8) is 0 Å². The molecule has 0 spiro atoms. The monoisotopic (exact) mass is 803 g/mol. The average molecular weight is 804 g/mol. The van der Waals surface area contributed by atoms with E-state index in [4.69, 9.17) is 23.7 Å². The van der Waals surface area contributed by atoms with Crippen molar-refractivity contribution in [2.75, 3.05) is 21.3 Å². The summed E-state index contributed by atoms with van der Waals surface area (Å²) in [6.45, 7) is 8.63. The van der Waals surface area contributed by atoms with Crippen LogP contribution >= 0.6 is 0 Å². The number of esters is 1. The van der Waals surface area contributed by atoms with E-state index in [9.17, 15) is 34.1 Å².